The van der Waals surface area contributed by atoms with Gasteiger partial charge < -0.3 is 19.3 Å². The number of benzene rings is 2. The molecule has 2 aromatic carbocycles. The minimum Gasteiger partial charge on any atom is -0.382 e. The van der Waals surface area contributed by atoms with E-state index in [1.54, 1.807) is 35.6 Å². The van der Waals surface area contributed by atoms with Gasteiger partial charge in [-0.2, -0.15) is 4.98 Å². The second kappa shape index (κ2) is 12.1. The van der Waals surface area contributed by atoms with E-state index in [-0.39, 0.29) is 34.8 Å². The van der Waals surface area contributed by atoms with Crippen LogP contribution in [0.3, 0.4) is 0 Å². The predicted molar refractivity (Wildman–Crippen MR) is 162 cm³/mol. The third-order valence-electron chi connectivity index (χ3n) is 7.69. The maximum atomic E-state index is 14.1. The van der Waals surface area contributed by atoms with Crippen LogP contribution >= 0.6 is 23.4 Å². The molecule has 218 valence electrons. The third kappa shape index (κ3) is 5.62. The molecule has 1 saturated heterocycles. The van der Waals surface area contributed by atoms with Crippen molar-refractivity contribution in [2.45, 2.75) is 50.4 Å². The van der Waals surface area contributed by atoms with Crippen molar-refractivity contribution in [3.63, 3.8) is 0 Å². The van der Waals surface area contributed by atoms with Gasteiger partial charge in [0.25, 0.3) is 0 Å². The van der Waals surface area contributed by atoms with Crippen LogP contribution in [0.4, 0.5) is 10.2 Å². The topological polar surface area (TPSA) is 76.9 Å². The Morgan fingerprint density at radius 1 is 1.22 bits per heavy atom. The molecule has 41 heavy (non-hydrogen) atoms. The van der Waals surface area contributed by atoms with Gasteiger partial charge >= 0.3 is 5.69 Å². The molecule has 2 aliphatic rings. The number of aromatic nitrogens is 2. The molecule has 0 spiro atoms. The van der Waals surface area contributed by atoms with Crippen molar-refractivity contribution >= 4 is 46.0 Å². The Hall–Kier alpha value is -2.92. The molecule has 5 rings (SSSR count). The summed E-state index contributed by atoms with van der Waals surface area (Å²) in [6, 6.07) is 6.55. The van der Waals surface area contributed by atoms with Crippen LogP contribution in [0.2, 0.25) is 5.02 Å². The van der Waals surface area contributed by atoms with Crippen molar-refractivity contribution in [3.05, 3.63) is 63.8 Å². The summed E-state index contributed by atoms with van der Waals surface area (Å²) in [5.41, 5.74) is 3.03. The zero-order valence-electron chi connectivity index (χ0n) is 23.7. The molecule has 2 aliphatic heterocycles. The average molecular weight is 601 g/mol. The fraction of sp³-hybridized carbons (Fsp3) is 0.433. The third-order valence-corrected chi connectivity index (χ3v) is 9.21. The number of carbonyl (C=O) groups is 1. The molecular formula is C30H34ClFN4O4S. The number of piperazine rings is 1. The molecule has 0 aliphatic carbocycles. The summed E-state index contributed by atoms with van der Waals surface area (Å²) in [7, 11) is 1.62. The lowest BCUT2D eigenvalue weighted by Gasteiger charge is -2.44. The summed E-state index contributed by atoms with van der Waals surface area (Å²) in [5, 5.41) is 0.887. The number of amides is 1. The number of hydrogen-bond acceptors (Lipinski definition) is 7. The Labute approximate surface area is 248 Å². The van der Waals surface area contributed by atoms with Crippen LogP contribution in [0, 0.1) is 12.7 Å². The summed E-state index contributed by atoms with van der Waals surface area (Å²) in [4.78, 5) is 35.7. The van der Waals surface area contributed by atoms with E-state index in [1.807, 2.05) is 31.7 Å². The highest BCUT2D eigenvalue weighted by Crippen LogP contribution is 2.44. The van der Waals surface area contributed by atoms with Gasteiger partial charge in [-0.1, -0.05) is 24.2 Å². The molecule has 3 aromatic rings. The minimum absolute atomic E-state index is 0.0383. The second-order valence-corrected chi connectivity index (χ2v) is 12.0. The number of hydrogen-bond donors (Lipinski definition) is 0. The van der Waals surface area contributed by atoms with Gasteiger partial charge in [-0.15, -0.1) is 11.8 Å². The Morgan fingerprint density at radius 3 is 2.61 bits per heavy atom. The quantitative estimate of drug-likeness (QED) is 0.282. The fourth-order valence-electron chi connectivity index (χ4n) is 5.95. The zero-order valence-corrected chi connectivity index (χ0v) is 25.2. The number of thioether (sulfide) groups is 1. The van der Waals surface area contributed by atoms with E-state index in [0.29, 0.717) is 44.4 Å². The van der Waals surface area contributed by atoms with Crippen LogP contribution in [0.15, 0.2) is 46.6 Å². The largest absolute Gasteiger partial charge is 0.382 e. The molecule has 11 heteroatoms. The summed E-state index contributed by atoms with van der Waals surface area (Å²) >= 11 is 7.82. The van der Waals surface area contributed by atoms with E-state index in [2.05, 4.69) is 16.5 Å². The van der Waals surface area contributed by atoms with Crippen molar-refractivity contribution in [2.24, 2.45) is 0 Å². The van der Waals surface area contributed by atoms with E-state index < -0.39 is 5.82 Å². The molecule has 1 aromatic heterocycles. The fourth-order valence-corrected chi connectivity index (χ4v) is 7.47. The van der Waals surface area contributed by atoms with E-state index in [4.69, 9.17) is 21.1 Å². The van der Waals surface area contributed by atoms with E-state index in [9.17, 15) is 14.0 Å². The van der Waals surface area contributed by atoms with Crippen LogP contribution in [-0.4, -0.2) is 77.7 Å². The van der Waals surface area contributed by atoms with Gasteiger partial charge in [0.05, 0.1) is 36.4 Å². The maximum Gasteiger partial charge on any atom is 0.350 e. The zero-order chi connectivity index (χ0) is 29.4. The second-order valence-electron chi connectivity index (χ2n) is 10.6. The summed E-state index contributed by atoms with van der Waals surface area (Å²) in [5.74, 6) is 0.606. The van der Waals surface area contributed by atoms with Gasteiger partial charge in [0, 0.05) is 53.9 Å². The van der Waals surface area contributed by atoms with Crippen molar-refractivity contribution in [1.29, 1.82) is 0 Å². The van der Waals surface area contributed by atoms with Gasteiger partial charge in [-0.05, 0) is 56.2 Å². The first-order chi connectivity index (χ1) is 19.6. The standard InChI is InChI=1S/C30H34ClFN4O4S/c1-6-25(37)36-18(3)13-34(14-19(36)4)29-22-11-17(2)26(20-7-8-24(32)23(31)12-20)28-27(22)35(30(38)33-29)15-21(16-41-28)40-10-9-39-5/h6-8,11-12,18-19,21H,1,9-10,13-16H2,2-5H3/t18-,19+,21-/m0/s1. The molecule has 0 saturated carbocycles. The van der Waals surface area contributed by atoms with Gasteiger partial charge in [-0.25, -0.2) is 9.18 Å². The summed E-state index contributed by atoms with van der Waals surface area (Å²) in [6.07, 6.45) is 1.10. The molecule has 3 atom stereocenters. The minimum atomic E-state index is -0.486. The number of anilines is 1. The van der Waals surface area contributed by atoms with Crippen molar-refractivity contribution < 1.29 is 18.7 Å². The predicted octanol–water partition coefficient (Wildman–Crippen LogP) is 4.91. The SMILES string of the molecule is C=CC(=O)N1[C@H](C)CN(c2nc(=O)n3c4c(c(-c5ccc(F)c(Cl)c5)c(C)cc24)SC[C@@H](OCCOC)C3)C[C@@H]1C. The number of nitrogens with zero attached hydrogens (tertiary/aromatic N) is 4. The van der Waals surface area contributed by atoms with Crippen LogP contribution in [0.25, 0.3) is 22.0 Å². The van der Waals surface area contributed by atoms with Crippen molar-refractivity contribution in [3.8, 4) is 11.1 Å². The lowest BCUT2D eigenvalue weighted by atomic mass is 9.97. The monoisotopic (exact) mass is 600 g/mol. The number of aryl methyl sites for hydroxylation is 1. The molecule has 8 nitrogen and oxygen atoms in total. The first-order valence-corrected chi connectivity index (χ1v) is 15.0. The van der Waals surface area contributed by atoms with Crippen LogP contribution < -0.4 is 10.6 Å². The van der Waals surface area contributed by atoms with Crippen LogP contribution in [0.1, 0.15) is 19.4 Å². The van der Waals surface area contributed by atoms with E-state index >= 15 is 0 Å². The molecule has 3 heterocycles. The smallest absolute Gasteiger partial charge is 0.350 e. The molecule has 0 bridgehead atoms. The molecule has 0 unspecified atom stereocenters. The number of ether oxygens (including phenoxy) is 2. The highest BCUT2D eigenvalue weighted by atomic mass is 35.5. The molecule has 1 fully saturated rings. The first-order valence-electron chi connectivity index (χ1n) is 13.6. The van der Waals surface area contributed by atoms with Gasteiger partial charge in [-0.3, -0.25) is 9.36 Å². The molecule has 1 amide bonds. The first kappa shape index (κ1) is 29.6. The van der Waals surface area contributed by atoms with E-state index in [0.717, 1.165) is 32.5 Å². The number of halogens is 2. The molecular weight excluding hydrogens is 567 g/mol. The number of carbonyl (C=O) groups excluding carboxylic acids is 1. The molecule has 0 radical (unpaired) electrons. The summed E-state index contributed by atoms with van der Waals surface area (Å²) in [6.45, 7) is 11.9. The normalized spacial score (nSPS) is 20.8. The highest BCUT2D eigenvalue weighted by molar-refractivity contribution is 7.99. The maximum absolute atomic E-state index is 14.1. The van der Waals surface area contributed by atoms with Gasteiger partial charge in [0.1, 0.15) is 11.6 Å². The van der Waals surface area contributed by atoms with Crippen LogP contribution in [0.5, 0.6) is 0 Å². The Bertz CT molecular complexity index is 1550. The average Bonchev–Trinajstić information content (AvgIpc) is 3.12. The highest BCUT2D eigenvalue weighted by Gasteiger charge is 2.34. The number of methoxy groups -OCH3 is 1. The Kier molecular flexibility index (Phi) is 8.75. The summed E-state index contributed by atoms with van der Waals surface area (Å²) < 4.78 is 27.1. The molecule has 0 N–H and O–H groups in total. The lowest BCUT2D eigenvalue weighted by molar-refractivity contribution is -0.130. The van der Waals surface area contributed by atoms with Crippen molar-refractivity contribution in [1.82, 2.24) is 14.5 Å². The Balaban J connectivity index is 1.69. The van der Waals surface area contributed by atoms with Crippen molar-refractivity contribution in [2.75, 3.05) is 44.1 Å². The lowest BCUT2D eigenvalue weighted by Crippen LogP contribution is -2.58. The number of rotatable bonds is 7. The van der Waals surface area contributed by atoms with Gasteiger partial charge in [0.15, 0.2) is 0 Å². The van der Waals surface area contributed by atoms with E-state index in [1.165, 1.54) is 12.1 Å². The van der Waals surface area contributed by atoms with Gasteiger partial charge in [0.2, 0.25) is 5.91 Å². The Morgan fingerprint density at radius 2 is 1.95 bits per heavy atom. The van der Waals surface area contributed by atoms with Crippen LogP contribution in [-0.2, 0) is 20.8 Å².